The average molecular weight is 311 g/mol. The lowest BCUT2D eigenvalue weighted by Gasteiger charge is -2.06. The largest absolute Gasteiger partial charge is 0.378 e. The second-order valence-corrected chi connectivity index (χ2v) is 5.91. The predicted octanol–water partition coefficient (Wildman–Crippen LogP) is 4.13. The minimum Gasteiger partial charge on any atom is -0.378 e. The minimum atomic E-state index is -0.403. The Balaban J connectivity index is 2.07. The lowest BCUT2D eigenvalue weighted by molar-refractivity contribution is 0.629. The van der Waals surface area contributed by atoms with E-state index < -0.39 is 5.82 Å². The number of halogens is 2. The van der Waals surface area contributed by atoms with Crippen LogP contribution >= 0.6 is 27.3 Å². The van der Waals surface area contributed by atoms with Crippen LogP contribution in [0.2, 0.25) is 0 Å². The van der Waals surface area contributed by atoms with Gasteiger partial charge in [-0.25, -0.2) is 4.39 Å². The molecule has 1 aromatic carbocycles. The van der Waals surface area contributed by atoms with E-state index in [0.717, 1.165) is 8.66 Å². The molecule has 1 N–H and O–H groups in total. The van der Waals surface area contributed by atoms with Gasteiger partial charge in [-0.2, -0.15) is 5.26 Å². The van der Waals surface area contributed by atoms with Gasteiger partial charge in [-0.3, -0.25) is 0 Å². The second kappa shape index (κ2) is 5.30. The Kier molecular flexibility index (Phi) is 3.77. The molecule has 0 radical (unpaired) electrons. The molecule has 0 amide bonds. The average Bonchev–Trinajstić information content (AvgIpc) is 2.73. The van der Waals surface area contributed by atoms with Gasteiger partial charge in [-0.1, -0.05) is 0 Å². The maximum absolute atomic E-state index is 13.5. The molecule has 1 aromatic heterocycles. The zero-order valence-corrected chi connectivity index (χ0v) is 11.1. The van der Waals surface area contributed by atoms with Crippen LogP contribution in [0, 0.1) is 17.1 Å². The fourth-order valence-electron chi connectivity index (χ4n) is 1.36. The normalized spacial score (nSPS) is 9.94. The first-order valence-electron chi connectivity index (χ1n) is 4.87. The fourth-order valence-corrected chi connectivity index (χ4v) is 2.78. The van der Waals surface area contributed by atoms with Gasteiger partial charge in [0.25, 0.3) is 0 Å². The van der Waals surface area contributed by atoms with Crippen LogP contribution in [0.5, 0.6) is 0 Å². The van der Waals surface area contributed by atoms with Crippen LogP contribution in [0.25, 0.3) is 0 Å². The fraction of sp³-hybridized carbons (Fsp3) is 0.0833. The molecule has 86 valence electrons. The van der Waals surface area contributed by atoms with Crippen molar-refractivity contribution in [3.05, 3.63) is 50.4 Å². The Bertz CT molecular complexity index is 574. The van der Waals surface area contributed by atoms with E-state index in [1.807, 2.05) is 18.2 Å². The van der Waals surface area contributed by atoms with Crippen molar-refractivity contribution in [1.82, 2.24) is 0 Å². The first-order chi connectivity index (χ1) is 8.19. The van der Waals surface area contributed by atoms with Crippen LogP contribution in [-0.2, 0) is 6.54 Å². The van der Waals surface area contributed by atoms with Gasteiger partial charge < -0.3 is 5.32 Å². The molecule has 0 bridgehead atoms. The number of nitrogens with zero attached hydrogens (tertiary/aromatic N) is 1. The molecule has 0 aliphatic rings. The van der Waals surface area contributed by atoms with Gasteiger partial charge >= 0.3 is 0 Å². The molecule has 2 aromatic rings. The smallest absolute Gasteiger partial charge is 0.147 e. The Hall–Kier alpha value is -1.38. The molecular formula is C12H8BrFN2S. The summed E-state index contributed by atoms with van der Waals surface area (Å²) in [6.07, 6.45) is 0. The molecule has 0 aliphatic heterocycles. The number of benzene rings is 1. The van der Waals surface area contributed by atoms with E-state index in [1.165, 1.54) is 6.07 Å². The Morgan fingerprint density at radius 1 is 1.35 bits per heavy atom. The lowest BCUT2D eigenvalue weighted by Crippen LogP contribution is -1.99. The number of thiophene rings is 1. The van der Waals surface area contributed by atoms with E-state index in [4.69, 9.17) is 5.26 Å². The second-order valence-electron chi connectivity index (χ2n) is 3.37. The predicted molar refractivity (Wildman–Crippen MR) is 70.5 cm³/mol. The Morgan fingerprint density at radius 2 is 2.18 bits per heavy atom. The Labute approximate surface area is 111 Å². The van der Waals surface area contributed by atoms with Crippen molar-refractivity contribution in [3.63, 3.8) is 0 Å². The van der Waals surface area contributed by atoms with E-state index in [-0.39, 0.29) is 0 Å². The number of nitriles is 1. The van der Waals surface area contributed by atoms with Crippen molar-refractivity contribution in [2.45, 2.75) is 6.54 Å². The summed E-state index contributed by atoms with van der Waals surface area (Å²) in [6.45, 7) is 0.569. The van der Waals surface area contributed by atoms with Crippen LogP contribution in [0.4, 0.5) is 10.1 Å². The van der Waals surface area contributed by atoms with Gasteiger partial charge in [0, 0.05) is 11.4 Å². The van der Waals surface area contributed by atoms with Crippen LogP contribution in [0.1, 0.15) is 10.4 Å². The summed E-state index contributed by atoms with van der Waals surface area (Å²) in [4.78, 5) is 1.11. The Morgan fingerprint density at radius 3 is 2.76 bits per heavy atom. The van der Waals surface area contributed by atoms with Crippen molar-refractivity contribution in [2.75, 3.05) is 5.32 Å². The van der Waals surface area contributed by atoms with E-state index in [1.54, 1.807) is 23.5 Å². The first-order valence-corrected chi connectivity index (χ1v) is 6.48. The summed E-state index contributed by atoms with van der Waals surface area (Å²) in [7, 11) is 0. The first kappa shape index (κ1) is 12.1. The third kappa shape index (κ3) is 3.05. The molecule has 0 aliphatic carbocycles. The molecular weight excluding hydrogens is 303 g/mol. The molecule has 0 atom stereocenters. The summed E-state index contributed by atoms with van der Waals surface area (Å²) >= 11 is 4.97. The molecule has 0 fully saturated rings. The number of anilines is 1. The molecule has 17 heavy (non-hydrogen) atoms. The van der Waals surface area contributed by atoms with E-state index in [9.17, 15) is 4.39 Å². The molecule has 0 saturated carbocycles. The van der Waals surface area contributed by atoms with Crippen LogP contribution in [0.3, 0.4) is 0 Å². The monoisotopic (exact) mass is 310 g/mol. The molecule has 0 saturated heterocycles. The summed E-state index contributed by atoms with van der Waals surface area (Å²) in [5.74, 6) is -0.403. The van der Waals surface area contributed by atoms with Crippen LogP contribution in [-0.4, -0.2) is 0 Å². The maximum Gasteiger partial charge on any atom is 0.147 e. The SMILES string of the molecule is N#Cc1ccc(NCc2ccc(Br)s2)c(F)c1. The van der Waals surface area contributed by atoms with Crippen molar-refractivity contribution in [2.24, 2.45) is 0 Å². The van der Waals surface area contributed by atoms with Crippen molar-refractivity contribution < 1.29 is 4.39 Å². The number of nitrogens with one attached hydrogen (secondary N) is 1. The topological polar surface area (TPSA) is 35.8 Å². The molecule has 2 nitrogen and oxygen atoms in total. The highest BCUT2D eigenvalue weighted by Crippen LogP contribution is 2.23. The van der Waals surface area contributed by atoms with Gasteiger partial charge in [0.15, 0.2) is 0 Å². The highest BCUT2D eigenvalue weighted by atomic mass is 79.9. The summed E-state index contributed by atoms with van der Waals surface area (Å²) in [6, 6.07) is 10.2. The van der Waals surface area contributed by atoms with Crippen LogP contribution < -0.4 is 5.32 Å². The maximum atomic E-state index is 13.5. The zero-order chi connectivity index (χ0) is 12.3. The number of rotatable bonds is 3. The lowest BCUT2D eigenvalue weighted by atomic mass is 10.2. The highest BCUT2D eigenvalue weighted by molar-refractivity contribution is 9.11. The third-order valence-corrected chi connectivity index (χ3v) is 3.80. The van der Waals surface area contributed by atoms with Crippen molar-refractivity contribution >= 4 is 33.0 Å². The summed E-state index contributed by atoms with van der Waals surface area (Å²) in [5, 5.41) is 11.6. The summed E-state index contributed by atoms with van der Waals surface area (Å²) in [5.41, 5.74) is 0.737. The van der Waals surface area contributed by atoms with Gasteiger partial charge in [-0.15, -0.1) is 11.3 Å². The van der Waals surface area contributed by atoms with Gasteiger partial charge in [0.1, 0.15) is 5.82 Å². The molecule has 2 rings (SSSR count). The van der Waals surface area contributed by atoms with E-state index >= 15 is 0 Å². The van der Waals surface area contributed by atoms with Gasteiger partial charge in [0.2, 0.25) is 0 Å². The van der Waals surface area contributed by atoms with Crippen LogP contribution in [0.15, 0.2) is 34.1 Å². The van der Waals surface area contributed by atoms with E-state index in [0.29, 0.717) is 17.8 Å². The number of hydrogen-bond donors (Lipinski definition) is 1. The van der Waals surface area contributed by atoms with Crippen molar-refractivity contribution in [1.29, 1.82) is 5.26 Å². The van der Waals surface area contributed by atoms with E-state index in [2.05, 4.69) is 21.2 Å². The zero-order valence-electron chi connectivity index (χ0n) is 8.71. The minimum absolute atomic E-state index is 0.326. The van der Waals surface area contributed by atoms with Gasteiger partial charge in [-0.05, 0) is 46.3 Å². The summed E-state index contributed by atoms with van der Waals surface area (Å²) < 4.78 is 14.6. The number of hydrogen-bond acceptors (Lipinski definition) is 3. The highest BCUT2D eigenvalue weighted by Gasteiger charge is 2.04. The molecule has 0 unspecified atom stereocenters. The molecule has 1 heterocycles. The molecule has 0 spiro atoms. The van der Waals surface area contributed by atoms with Crippen molar-refractivity contribution in [3.8, 4) is 6.07 Å². The third-order valence-electron chi connectivity index (χ3n) is 2.18. The molecule has 5 heteroatoms. The standard InChI is InChI=1S/C12H8BrFN2S/c13-12-4-2-9(17-12)7-16-11-3-1-8(6-15)5-10(11)14/h1-5,16H,7H2. The van der Waals surface area contributed by atoms with Gasteiger partial charge in [0.05, 0.1) is 21.1 Å². The quantitative estimate of drug-likeness (QED) is 0.925.